The van der Waals surface area contributed by atoms with Gasteiger partial charge in [-0.1, -0.05) is 18.5 Å². The smallest absolute Gasteiger partial charge is 0.230 e. The number of carbonyl (C=O) groups is 1. The van der Waals surface area contributed by atoms with E-state index in [4.69, 9.17) is 21.1 Å². The highest BCUT2D eigenvalue weighted by molar-refractivity contribution is 7.99. The van der Waals surface area contributed by atoms with Crippen LogP contribution < -0.4 is 14.8 Å². The molecule has 2 rings (SSSR count). The summed E-state index contributed by atoms with van der Waals surface area (Å²) >= 11 is 7.74. The predicted octanol–water partition coefficient (Wildman–Crippen LogP) is 3.26. The first-order valence-electron chi connectivity index (χ1n) is 7.05. The number of amides is 1. The number of nitrogens with one attached hydrogen (secondary N) is 1. The van der Waals surface area contributed by atoms with E-state index in [9.17, 15) is 4.79 Å². The predicted molar refractivity (Wildman–Crippen MR) is 86.5 cm³/mol. The lowest BCUT2D eigenvalue weighted by atomic mass is 10.2. The highest BCUT2D eigenvalue weighted by Crippen LogP contribution is 2.39. The molecule has 1 aliphatic rings. The molecule has 0 saturated carbocycles. The maximum Gasteiger partial charge on any atom is 0.230 e. The van der Waals surface area contributed by atoms with E-state index in [-0.39, 0.29) is 11.9 Å². The van der Waals surface area contributed by atoms with E-state index in [0.29, 0.717) is 41.2 Å². The minimum atomic E-state index is 0.0676. The van der Waals surface area contributed by atoms with Crippen LogP contribution in [0.5, 0.6) is 11.5 Å². The Morgan fingerprint density at radius 3 is 2.95 bits per heavy atom. The quantitative estimate of drug-likeness (QED) is 0.870. The van der Waals surface area contributed by atoms with Gasteiger partial charge in [0, 0.05) is 11.8 Å². The SMILES string of the molecule is CC[C@H](C)NC(=O)CSCc1cc(Cl)c2c(c1)OCCO2. The summed E-state index contributed by atoms with van der Waals surface area (Å²) in [5.74, 6) is 2.53. The number of benzene rings is 1. The van der Waals surface area contributed by atoms with Crippen LogP contribution in [0.25, 0.3) is 0 Å². The van der Waals surface area contributed by atoms with Crippen molar-refractivity contribution in [2.24, 2.45) is 0 Å². The number of fused-ring (bicyclic) bond motifs is 1. The highest BCUT2D eigenvalue weighted by Gasteiger charge is 2.16. The fraction of sp³-hybridized carbons (Fsp3) is 0.533. The third-order valence-electron chi connectivity index (χ3n) is 3.18. The topological polar surface area (TPSA) is 47.6 Å². The minimum Gasteiger partial charge on any atom is -0.486 e. The summed E-state index contributed by atoms with van der Waals surface area (Å²) in [6, 6.07) is 4.02. The van der Waals surface area contributed by atoms with E-state index in [0.717, 1.165) is 12.0 Å². The first-order valence-corrected chi connectivity index (χ1v) is 8.58. The standard InChI is InChI=1S/C15H20ClNO3S/c1-3-10(2)17-14(18)9-21-8-11-6-12(16)15-13(7-11)19-4-5-20-15/h6-7,10H,3-5,8-9H2,1-2H3,(H,17,18)/t10-/m0/s1. The second kappa shape index (κ2) is 7.80. The van der Waals surface area contributed by atoms with Crippen molar-refractivity contribution in [1.29, 1.82) is 0 Å². The Kier molecular flexibility index (Phi) is 6.06. The Morgan fingerprint density at radius 1 is 1.43 bits per heavy atom. The number of rotatable bonds is 6. The Labute approximate surface area is 134 Å². The Morgan fingerprint density at radius 2 is 2.19 bits per heavy atom. The fourth-order valence-electron chi connectivity index (χ4n) is 1.93. The van der Waals surface area contributed by atoms with Crippen LogP contribution in [-0.4, -0.2) is 30.9 Å². The van der Waals surface area contributed by atoms with Gasteiger partial charge in [-0.05, 0) is 31.0 Å². The van der Waals surface area contributed by atoms with Gasteiger partial charge in [0.05, 0.1) is 10.8 Å². The van der Waals surface area contributed by atoms with E-state index >= 15 is 0 Å². The molecular weight excluding hydrogens is 310 g/mol. The second-order valence-corrected chi connectivity index (χ2v) is 6.36. The zero-order valence-electron chi connectivity index (χ0n) is 12.3. The van der Waals surface area contributed by atoms with Gasteiger partial charge in [-0.2, -0.15) is 0 Å². The van der Waals surface area contributed by atoms with Gasteiger partial charge in [-0.15, -0.1) is 11.8 Å². The molecule has 0 unspecified atom stereocenters. The van der Waals surface area contributed by atoms with Crippen LogP contribution in [0, 0.1) is 0 Å². The summed E-state index contributed by atoms with van der Waals surface area (Å²) in [5.41, 5.74) is 1.03. The van der Waals surface area contributed by atoms with Gasteiger partial charge in [0.25, 0.3) is 0 Å². The van der Waals surface area contributed by atoms with Crippen LogP contribution in [-0.2, 0) is 10.5 Å². The first kappa shape index (κ1) is 16.3. The Hall–Kier alpha value is -1.07. The van der Waals surface area contributed by atoms with Gasteiger partial charge in [-0.25, -0.2) is 0 Å². The van der Waals surface area contributed by atoms with E-state index in [2.05, 4.69) is 12.2 Å². The summed E-state index contributed by atoms with van der Waals surface area (Å²) in [7, 11) is 0. The van der Waals surface area contributed by atoms with Gasteiger partial charge >= 0.3 is 0 Å². The maximum atomic E-state index is 11.7. The van der Waals surface area contributed by atoms with Gasteiger partial charge in [-0.3, -0.25) is 4.79 Å². The average molecular weight is 330 g/mol. The number of carbonyl (C=O) groups excluding carboxylic acids is 1. The minimum absolute atomic E-state index is 0.0676. The van der Waals surface area contributed by atoms with E-state index in [1.807, 2.05) is 19.1 Å². The average Bonchev–Trinajstić information content (AvgIpc) is 2.47. The monoisotopic (exact) mass is 329 g/mol. The lowest BCUT2D eigenvalue weighted by molar-refractivity contribution is -0.119. The van der Waals surface area contributed by atoms with E-state index in [1.54, 1.807) is 11.8 Å². The van der Waals surface area contributed by atoms with Gasteiger partial charge in [0.2, 0.25) is 5.91 Å². The zero-order chi connectivity index (χ0) is 15.2. The van der Waals surface area contributed by atoms with Crippen molar-refractivity contribution in [3.05, 3.63) is 22.7 Å². The van der Waals surface area contributed by atoms with Crippen molar-refractivity contribution in [3.8, 4) is 11.5 Å². The normalized spacial score (nSPS) is 14.6. The first-order chi connectivity index (χ1) is 10.1. The zero-order valence-corrected chi connectivity index (χ0v) is 13.9. The van der Waals surface area contributed by atoms with Gasteiger partial charge in [0.1, 0.15) is 13.2 Å². The van der Waals surface area contributed by atoms with Crippen LogP contribution in [0.2, 0.25) is 5.02 Å². The molecular formula is C15H20ClNO3S. The third kappa shape index (κ3) is 4.71. The Bertz CT molecular complexity index is 510. The lowest BCUT2D eigenvalue weighted by Crippen LogP contribution is -2.33. The molecule has 1 aliphatic heterocycles. The summed E-state index contributed by atoms with van der Waals surface area (Å²) < 4.78 is 11.0. The van der Waals surface area contributed by atoms with Crippen LogP contribution >= 0.6 is 23.4 Å². The van der Waals surface area contributed by atoms with Crippen molar-refractivity contribution in [1.82, 2.24) is 5.32 Å². The van der Waals surface area contributed by atoms with Gasteiger partial charge in [0.15, 0.2) is 11.5 Å². The molecule has 0 aromatic heterocycles. The largest absolute Gasteiger partial charge is 0.486 e. The molecule has 0 saturated heterocycles. The molecule has 0 fully saturated rings. The molecule has 116 valence electrons. The molecule has 1 atom stereocenters. The summed E-state index contributed by atoms with van der Waals surface area (Å²) in [6.45, 7) is 5.12. The van der Waals surface area contributed by atoms with Crippen LogP contribution in [0.15, 0.2) is 12.1 Å². The Balaban J connectivity index is 1.86. The van der Waals surface area contributed by atoms with Crippen LogP contribution in [0.3, 0.4) is 0 Å². The molecule has 1 heterocycles. The number of halogens is 1. The number of ether oxygens (including phenoxy) is 2. The molecule has 6 heteroatoms. The van der Waals surface area contributed by atoms with Gasteiger partial charge < -0.3 is 14.8 Å². The summed E-state index contributed by atoms with van der Waals surface area (Å²) in [4.78, 5) is 11.7. The van der Waals surface area contributed by atoms with Crippen molar-refractivity contribution in [2.75, 3.05) is 19.0 Å². The van der Waals surface area contributed by atoms with Crippen molar-refractivity contribution in [2.45, 2.75) is 32.1 Å². The van der Waals surface area contributed by atoms with Crippen molar-refractivity contribution >= 4 is 29.3 Å². The number of hydrogen-bond donors (Lipinski definition) is 1. The molecule has 0 bridgehead atoms. The second-order valence-electron chi connectivity index (χ2n) is 4.97. The molecule has 0 spiro atoms. The van der Waals surface area contributed by atoms with Crippen molar-refractivity contribution in [3.63, 3.8) is 0 Å². The molecule has 21 heavy (non-hydrogen) atoms. The van der Waals surface area contributed by atoms with Crippen molar-refractivity contribution < 1.29 is 14.3 Å². The molecule has 1 N–H and O–H groups in total. The molecule has 1 aromatic rings. The lowest BCUT2D eigenvalue weighted by Gasteiger charge is -2.20. The molecule has 1 amide bonds. The highest BCUT2D eigenvalue weighted by atomic mass is 35.5. The number of thioether (sulfide) groups is 1. The summed E-state index contributed by atoms with van der Waals surface area (Å²) in [6.07, 6.45) is 0.939. The maximum absolute atomic E-state index is 11.7. The van der Waals surface area contributed by atoms with E-state index < -0.39 is 0 Å². The fourth-order valence-corrected chi connectivity index (χ4v) is 2.99. The van der Waals surface area contributed by atoms with Crippen LogP contribution in [0.1, 0.15) is 25.8 Å². The summed E-state index contributed by atoms with van der Waals surface area (Å²) in [5, 5.41) is 3.51. The molecule has 4 nitrogen and oxygen atoms in total. The molecule has 0 aliphatic carbocycles. The molecule has 0 radical (unpaired) electrons. The number of hydrogen-bond acceptors (Lipinski definition) is 4. The van der Waals surface area contributed by atoms with Crippen LogP contribution in [0.4, 0.5) is 0 Å². The van der Waals surface area contributed by atoms with E-state index in [1.165, 1.54) is 0 Å². The molecule has 1 aromatic carbocycles. The third-order valence-corrected chi connectivity index (χ3v) is 4.46.